The van der Waals surface area contributed by atoms with E-state index in [2.05, 4.69) is 24.3 Å². The minimum absolute atomic E-state index is 0.000188. The summed E-state index contributed by atoms with van der Waals surface area (Å²) in [6.45, 7) is 0. The molecule has 1 aliphatic carbocycles. The Morgan fingerprint density at radius 2 is 2.00 bits per heavy atom. The first-order valence-corrected chi connectivity index (χ1v) is 6.60. The van der Waals surface area contributed by atoms with Crippen molar-refractivity contribution in [1.82, 2.24) is 0 Å². The quantitative estimate of drug-likeness (QED) is 0.821. The summed E-state index contributed by atoms with van der Waals surface area (Å²) in [4.78, 5) is 0. The van der Waals surface area contributed by atoms with Gasteiger partial charge in [-0.2, -0.15) is 0 Å². The summed E-state index contributed by atoms with van der Waals surface area (Å²) in [6.07, 6.45) is 13.9. The number of benzene rings is 1. The Morgan fingerprint density at radius 1 is 1.15 bits per heavy atom. The van der Waals surface area contributed by atoms with Gasteiger partial charge in [-0.05, 0) is 17.7 Å². The predicted molar refractivity (Wildman–Crippen MR) is 80.7 cm³/mol. The molecule has 1 aliphatic heterocycles. The van der Waals surface area contributed by atoms with Crippen LogP contribution in [0.25, 0.3) is 6.08 Å². The summed E-state index contributed by atoms with van der Waals surface area (Å²) in [7, 11) is 1.69. The molecule has 0 bridgehead atoms. The molecule has 1 heterocycles. The Labute approximate surface area is 119 Å². The smallest absolute Gasteiger partial charge is 0.145 e. The Hall–Kier alpha value is -2.48. The molecule has 0 N–H and O–H groups in total. The maximum atomic E-state index is 5.52. The lowest BCUT2D eigenvalue weighted by Gasteiger charge is -2.18. The van der Waals surface area contributed by atoms with Gasteiger partial charge in [0.25, 0.3) is 0 Å². The van der Waals surface area contributed by atoms with Gasteiger partial charge in [0.2, 0.25) is 0 Å². The van der Waals surface area contributed by atoms with Crippen LogP contribution in [0.15, 0.2) is 83.9 Å². The van der Waals surface area contributed by atoms with E-state index in [-0.39, 0.29) is 6.10 Å². The van der Waals surface area contributed by atoms with Crippen molar-refractivity contribution < 1.29 is 9.47 Å². The number of hydrogen-bond donors (Lipinski definition) is 0. The minimum atomic E-state index is 0.000188. The fraction of sp³-hybridized carbons (Fsp3) is 0.111. The van der Waals surface area contributed by atoms with Crippen molar-refractivity contribution in [3.05, 3.63) is 89.4 Å². The summed E-state index contributed by atoms with van der Waals surface area (Å²) in [6, 6.07) is 10.2. The van der Waals surface area contributed by atoms with E-state index in [0.29, 0.717) is 0 Å². The first-order valence-electron chi connectivity index (χ1n) is 6.60. The highest BCUT2D eigenvalue weighted by molar-refractivity contribution is 5.56. The maximum absolute atomic E-state index is 5.52. The van der Waals surface area contributed by atoms with Crippen LogP contribution in [0.1, 0.15) is 5.56 Å². The third-order valence-electron chi connectivity index (χ3n) is 3.32. The fourth-order valence-electron chi connectivity index (χ4n) is 2.35. The van der Waals surface area contributed by atoms with Gasteiger partial charge in [0, 0.05) is 11.1 Å². The molecule has 0 unspecified atom stereocenters. The normalized spacial score (nSPS) is 22.4. The Morgan fingerprint density at radius 3 is 2.80 bits per heavy atom. The molecule has 0 saturated heterocycles. The molecular formula is C18H16O2. The summed E-state index contributed by atoms with van der Waals surface area (Å²) >= 11 is 0. The molecule has 100 valence electrons. The van der Waals surface area contributed by atoms with Crippen LogP contribution in [0, 0.1) is 0 Å². The van der Waals surface area contributed by atoms with Crippen LogP contribution in [0.3, 0.4) is 0 Å². The maximum Gasteiger partial charge on any atom is 0.145 e. The standard InChI is InChI=1S/C18H16O2/c1-19-18-15(10-11-17-16(18)12-13-20-17)9-5-8-14-6-3-2-4-7-14/h2-13,17H,1H3/t17-/m0/s1. The predicted octanol–water partition coefficient (Wildman–Crippen LogP) is 4.01. The van der Waals surface area contributed by atoms with Crippen molar-refractivity contribution in [2.75, 3.05) is 7.11 Å². The molecule has 0 radical (unpaired) electrons. The molecule has 2 heteroatoms. The van der Waals surface area contributed by atoms with Gasteiger partial charge in [-0.1, -0.05) is 54.6 Å². The highest BCUT2D eigenvalue weighted by Crippen LogP contribution is 2.31. The minimum Gasteiger partial charge on any atom is -0.496 e. The van der Waals surface area contributed by atoms with E-state index in [4.69, 9.17) is 9.47 Å². The molecule has 1 atom stereocenters. The van der Waals surface area contributed by atoms with Crippen LogP contribution in [-0.4, -0.2) is 13.2 Å². The number of rotatable bonds is 3. The van der Waals surface area contributed by atoms with Crippen LogP contribution < -0.4 is 0 Å². The topological polar surface area (TPSA) is 18.5 Å². The molecule has 0 amide bonds. The summed E-state index contributed by atoms with van der Waals surface area (Å²) in [5.74, 6) is 0.879. The molecule has 2 nitrogen and oxygen atoms in total. The largest absolute Gasteiger partial charge is 0.496 e. The van der Waals surface area contributed by atoms with Crippen LogP contribution in [0.4, 0.5) is 0 Å². The zero-order chi connectivity index (χ0) is 13.8. The van der Waals surface area contributed by atoms with E-state index in [1.165, 1.54) is 5.56 Å². The Bertz CT molecular complexity index is 631. The van der Waals surface area contributed by atoms with Gasteiger partial charge in [0.1, 0.15) is 11.9 Å². The van der Waals surface area contributed by atoms with Crippen molar-refractivity contribution in [3.63, 3.8) is 0 Å². The van der Waals surface area contributed by atoms with Crippen molar-refractivity contribution in [3.8, 4) is 0 Å². The van der Waals surface area contributed by atoms with E-state index in [9.17, 15) is 0 Å². The first kappa shape index (κ1) is 12.5. The van der Waals surface area contributed by atoms with Crippen LogP contribution in [0.5, 0.6) is 0 Å². The zero-order valence-corrected chi connectivity index (χ0v) is 11.3. The molecule has 1 aromatic carbocycles. The number of hydrogen-bond acceptors (Lipinski definition) is 2. The third-order valence-corrected chi connectivity index (χ3v) is 3.32. The molecule has 1 aromatic rings. The zero-order valence-electron chi connectivity index (χ0n) is 11.3. The number of allylic oxidation sites excluding steroid dienone is 3. The van der Waals surface area contributed by atoms with E-state index in [1.54, 1.807) is 13.4 Å². The first-order chi connectivity index (χ1) is 9.88. The van der Waals surface area contributed by atoms with Gasteiger partial charge < -0.3 is 9.47 Å². The lowest BCUT2D eigenvalue weighted by Crippen LogP contribution is -2.12. The van der Waals surface area contributed by atoms with Gasteiger partial charge >= 0.3 is 0 Å². The number of ether oxygens (including phenoxy) is 2. The van der Waals surface area contributed by atoms with Crippen molar-refractivity contribution >= 4 is 6.08 Å². The lowest BCUT2D eigenvalue weighted by atomic mass is 9.97. The van der Waals surface area contributed by atoms with E-state index in [0.717, 1.165) is 16.9 Å². The average Bonchev–Trinajstić information content (AvgIpc) is 2.96. The van der Waals surface area contributed by atoms with Gasteiger partial charge in [0.05, 0.1) is 13.4 Å². The monoisotopic (exact) mass is 264 g/mol. The molecule has 2 aliphatic rings. The summed E-state index contributed by atoms with van der Waals surface area (Å²) in [5, 5.41) is 0. The molecule has 0 fully saturated rings. The second-order valence-electron chi connectivity index (χ2n) is 4.60. The molecule has 0 spiro atoms. The van der Waals surface area contributed by atoms with Gasteiger partial charge in [-0.15, -0.1) is 0 Å². The van der Waals surface area contributed by atoms with Crippen LogP contribution in [-0.2, 0) is 9.47 Å². The van der Waals surface area contributed by atoms with Crippen molar-refractivity contribution in [1.29, 1.82) is 0 Å². The van der Waals surface area contributed by atoms with Gasteiger partial charge in [-0.3, -0.25) is 0 Å². The van der Waals surface area contributed by atoms with Crippen LogP contribution >= 0.6 is 0 Å². The third kappa shape index (κ3) is 2.45. The summed E-state index contributed by atoms with van der Waals surface area (Å²) < 4.78 is 11.0. The molecule has 20 heavy (non-hydrogen) atoms. The average molecular weight is 264 g/mol. The van der Waals surface area contributed by atoms with Gasteiger partial charge in [0.15, 0.2) is 0 Å². The fourth-order valence-corrected chi connectivity index (χ4v) is 2.35. The SMILES string of the molecule is COC1=C2C=CO[C@H]2C=CC1=CC=Cc1ccccc1. The molecular weight excluding hydrogens is 248 g/mol. The Kier molecular flexibility index (Phi) is 3.55. The highest BCUT2D eigenvalue weighted by Gasteiger charge is 2.24. The van der Waals surface area contributed by atoms with Gasteiger partial charge in [-0.25, -0.2) is 0 Å². The second kappa shape index (κ2) is 5.66. The highest BCUT2D eigenvalue weighted by atomic mass is 16.5. The number of methoxy groups -OCH3 is 1. The Balaban J connectivity index is 1.85. The molecule has 0 aromatic heterocycles. The molecule has 3 rings (SSSR count). The van der Waals surface area contributed by atoms with E-state index in [1.807, 2.05) is 42.5 Å². The van der Waals surface area contributed by atoms with E-state index >= 15 is 0 Å². The van der Waals surface area contributed by atoms with Crippen molar-refractivity contribution in [2.24, 2.45) is 0 Å². The molecule has 0 saturated carbocycles. The second-order valence-corrected chi connectivity index (χ2v) is 4.60. The van der Waals surface area contributed by atoms with Crippen molar-refractivity contribution in [2.45, 2.75) is 6.10 Å². The number of fused-ring (bicyclic) bond motifs is 1. The summed E-state index contributed by atoms with van der Waals surface area (Å²) in [5.41, 5.74) is 3.31. The van der Waals surface area contributed by atoms with Crippen LogP contribution in [0.2, 0.25) is 0 Å². The van der Waals surface area contributed by atoms with E-state index < -0.39 is 0 Å². The lowest BCUT2D eigenvalue weighted by molar-refractivity contribution is 0.224.